The van der Waals surface area contributed by atoms with Crippen LogP contribution < -0.4 is 0 Å². The maximum absolute atomic E-state index is 12.7. The van der Waals surface area contributed by atoms with Gasteiger partial charge in [0.2, 0.25) is 0 Å². The van der Waals surface area contributed by atoms with Crippen molar-refractivity contribution in [3.63, 3.8) is 0 Å². The molecule has 1 aromatic carbocycles. The summed E-state index contributed by atoms with van der Waals surface area (Å²) >= 11 is 0. The van der Waals surface area contributed by atoms with Crippen LogP contribution >= 0.6 is 0 Å². The van der Waals surface area contributed by atoms with Gasteiger partial charge < -0.3 is 10.0 Å². The van der Waals surface area contributed by atoms with Gasteiger partial charge in [-0.15, -0.1) is 0 Å². The van der Waals surface area contributed by atoms with Gasteiger partial charge in [-0.2, -0.15) is 0 Å². The van der Waals surface area contributed by atoms with Crippen LogP contribution in [0.1, 0.15) is 41.6 Å². The average molecular weight is 292 g/mol. The molecule has 1 aromatic rings. The molecule has 1 N–H and O–H groups in total. The number of carbonyl (C=O) groups excluding carboxylic acids is 1. The average Bonchev–Trinajstić information content (AvgIpc) is 2.97. The molecule has 1 saturated carbocycles. The third-order valence-electron chi connectivity index (χ3n) is 4.02. The van der Waals surface area contributed by atoms with E-state index in [1.807, 2.05) is 0 Å². The quantitative estimate of drug-likeness (QED) is 0.666. The zero-order valence-corrected chi connectivity index (χ0v) is 12.1. The maximum atomic E-state index is 12.7. The number of hydrogen-bond acceptors (Lipinski definition) is 4. The fourth-order valence-electron chi connectivity index (χ4n) is 2.93. The summed E-state index contributed by atoms with van der Waals surface area (Å²) in [7, 11) is 0. The SMILES string of the molecule is Cc1cc([N+](=O)[O-])ccc1C(=O)N(CCO)C1CCCC1. The summed E-state index contributed by atoms with van der Waals surface area (Å²) in [4.78, 5) is 24.7. The standard InChI is InChI=1S/C15H20N2O4/c1-11-10-13(17(20)21)6-7-14(11)15(19)16(8-9-18)12-4-2-3-5-12/h6-7,10,12,18H,2-5,8-9H2,1H3. The molecule has 1 amide bonds. The van der Waals surface area contributed by atoms with Crippen LogP contribution in [0.3, 0.4) is 0 Å². The van der Waals surface area contributed by atoms with Crippen LogP contribution in [0, 0.1) is 17.0 Å². The molecule has 2 rings (SSSR count). The fraction of sp³-hybridized carbons (Fsp3) is 0.533. The van der Waals surface area contributed by atoms with Crippen molar-refractivity contribution in [1.82, 2.24) is 4.90 Å². The first kappa shape index (κ1) is 15.4. The minimum atomic E-state index is -0.469. The molecule has 0 atom stereocenters. The molecule has 1 fully saturated rings. The number of rotatable bonds is 5. The lowest BCUT2D eigenvalue weighted by Crippen LogP contribution is -2.41. The van der Waals surface area contributed by atoms with E-state index in [1.165, 1.54) is 18.2 Å². The Morgan fingerprint density at radius 2 is 2.10 bits per heavy atom. The van der Waals surface area contributed by atoms with Crippen LogP contribution in [0.5, 0.6) is 0 Å². The molecule has 0 unspecified atom stereocenters. The molecule has 21 heavy (non-hydrogen) atoms. The van der Waals surface area contributed by atoms with E-state index < -0.39 is 4.92 Å². The first-order chi connectivity index (χ1) is 10.0. The number of hydrogen-bond donors (Lipinski definition) is 1. The van der Waals surface area contributed by atoms with Gasteiger partial charge in [-0.05, 0) is 31.4 Å². The van der Waals surface area contributed by atoms with Crippen LogP contribution in [-0.2, 0) is 0 Å². The highest BCUT2D eigenvalue weighted by atomic mass is 16.6. The van der Waals surface area contributed by atoms with E-state index in [1.54, 1.807) is 11.8 Å². The molecule has 0 bridgehead atoms. The zero-order chi connectivity index (χ0) is 15.4. The van der Waals surface area contributed by atoms with Gasteiger partial charge in [-0.1, -0.05) is 12.8 Å². The predicted octanol–water partition coefficient (Wildman–Crippen LogP) is 2.28. The molecule has 6 nitrogen and oxygen atoms in total. The second-order valence-corrected chi connectivity index (χ2v) is 5.42. The summed E-state index contributed by atoms with van der Waals surface area (Å²) in [6.07, 6.45) is 4.10. The molecule has 0 radical (unpaired) electrons. The first-order valence-electron chi connectivity index (χ1n) is 7.21. The Morgan fingerprint density at radius 1 is 1.43 bits per heavy atom. The Morgan fingerprint density at radius 3 is 2.62 bits per heavy atom. The smallest absolute Gasteiger partial charge is 0.269 e. The van der Waals surface area contributed by atoms with Crippen molar-refractivity contribution in [2.75, 3.05) is 13.2 Å². The lowest BCUT2D eigenvalue weighted by molar-refractivity contribution is -0.384. The number of aliphatic hydroxyl groups is 1. The van der Waals surface area contributed by atoms with Crippen molar-refractivity contribution in [1.29, 1.82) is 0 Å². The van der Waals surface area contributed by atoms with Gasteiger partial charge >= 0.3 is 0 Å². The van der Waals surface area contributed by atoms with Crippen molar-refractivity contribution in [3.05, 3.63) is 39.4 Å². The molecule has 1 aliphatic rings. The van der Waals surface area contributed by atoms with Crippen molar-refractivity contribution in [3.8, 4) is 0 Å². The van der Waals surface area contributed by atoms with Crippen molar-refractivity contribution >= 4 is 11.6 Å². The maximum Gasteiger partial charge on any atom is 0.269 e. The van der Waals surface area contributed by atoms with Crippen molar-refractivity contribution in [2.24, 2.45) is 0 Å². The van der Waals surface area contributed by atoms with E-state index in [0.717, 1.165) is 25.7 Å². The minimum Gasteiger partial charge on any atom is -0.395 e. The molecule has 0 saturated heterocycles. The molecule has 6 heteroatoms. The van der Waals surface area contributed by atoms with E-state index in [9.17, 15) is 20.0 Å². The zero-order valence-electron chi connectivity index (χ0n) is 12.1. The summed E-state index contributed by atoms with van der Waals surface area (Å²) in [5, 5.41) is 20.0. The van der Waals surface area contributed by atoms with E-state index in [4.69, 9.17) is 0 Å². The lowest BCUT2D eigenvalue weighted by atomic mass is 10.0. The summed E-state index contributed by atoms with van der Waals surface area (Å²) in [5.74, 6) is -0.150. The number of aliphatic hydroxyl groups excluding tert-OH is 1. The Hall–Kier alpha value is -1.95. The third-order valence-corrected chi connectivity index (χ3v) is 4.02. The van der Waals surface area contributed by atoms with Gasteiger partial charge in [0, 0.05) is 30.3 Å². The second kappa shape index (κ2) is 6.67. The highest BCUT2D eigenvalue weighted by molar-refractivity contribution is 5.96. The van der Waals surface area contributed by atoms with Gasteiger partial charge in [-0.25, -0.2) is 0 Å². The highest BCUT2D eigenvalue weighted by Gasteiger charge is 2.28. The van der Waals surface area contributed by atoms with Crippen molar-refractivity contribution < 1.29 is 14.8 Å². The fourth-order valence-corrected chi connectivity index (χ4v) is 2.93. The first-order valence-corrected chi connectivity index (χ1v) is 7.21. The van der Waals surface area contributed by atoms with Gasteiger partial charge in [-0.3, -0.25) is 14.9 Å². The second-order valence-electron chi connectivity index (χ2n) is 5.42. The number of nitro groups is 1. The van der Waals surface area contributed by atoms with Crippen LogP contribution in [0.25, 0.3) is 0 Å². The largest absolute Gasteiger partial charge is 0.395 e. The van der Waals surface area contributed by atoms with E-state index in [0.29, 0.717) is 17.7 Å². The number of nitrogens with zero attached hydrogens (tertiary/aromatic N) is 2. The van der Waals surface area contributed by atoms with Gasteiger partial charge in [0.15, 0.2) is 0 Å². The number of carbonyl (C=O) groups is 1. The van der Waals surface area contributed by atoms with E-state index >= 15 is 0 Å². The number of non-ortho nitro benzene ring substituents is 1. The monoisotopic (exact) mass is 292 g/mol. The Kier molecular flexibility index (Phi) is 4.90. The summed E-state index contributed by atoms with van der Waals surface area (Å²) in [6, 6.07) is 4.44. The Labute approximate surface area is 123 Å². The Balaban J connectivity index is 2.25. The topological polar surface area (TPSA) is 83.7 Å². The summed E-state index contributed by atoms with van der Waals surface area (Å²) in [5.41, 5.74) is 1.05. The van der Waals surface area contributed by atoms with Gasteiger partial charge in [0.25, 0.3) is 11.6 Å². The molecule has 0 heterocycles. The predicted molar refractivity (Wildman–Crippen MR) is 78.2 cm³/mol. The molecule has 0 aromatic heterocycles. The number of benzene rings is 1. The summed E-state index contributed by atoms with van der Waals surface area (Å²) < 4.78 is 0. The summed E-state index contributed by atoms with van der Waals surface area (Å²) in [6.45, 7) is 1.93. The van der Waals surface area contributed by atoms with E-state index in [2.05, 4.69) is 0 Å². The minimum absolute atomic E-state index is 0.0152. The molecule has 0 aliphatic heterocycles. The number of nitro benzene ring substituents is 1. The highest BCUT2D eigenvalue weighted by Crippen LogP contribution is 2.26. The Bertz CT molecular complexity index is 538. The lowest BCUT2D eigenvalue weighted by Gasteiger charge is -2.29. The van der Waals surface area contributed by atoms with Gasteiger partial charge in [0.05, 0.1) is 11.5 Å². The molecule has 1 aliphatic carbocycles. The van der Waals surface area contributed by atoms with E-state index in [-0.39, 0.29) is 24.2 Å². The molecular formula is C15H20N2O4. The van der Waals surface area contributed by atoms with Crippen LogP contribution in [0.2, 0.25) is 0 Å². The molecule has 0 spiro atoms. The molecule has 114 valence electrons. The number of aryl methyl sites for hydroxylation is 1. The van der Waals surface area contributed by atoms with Crippen LogP contribution in [0.4, 0.5) is 5.69 Å². The van der Waals surface area contributed by atoms with Crippen molar-refractivity contribution in [2.45, 2.75) is 38.6 Å². The normalized spacial score (nSPS) is 15.1. The van der Waals surface area contributed by atoms with Gasteiger partial charge in [0.1, 0.15) is 0 Å². The van der Waals surface area contributed by atoms with Crippen LogP contribution in [-0.4, -0.2) is 40.0 Å². The third kappa shape index (κ3) is 3.39. The van der Waals surface area contributed by atoms with Crippen LogP contribution in [0.15, 0.2) is 18.2 Å². The number of amides is 1. The molecular weight excluding hydrogens is 272 g/mol.